The molecule has 22 heavy (non-hydrogen) atoms. The molecule has 2 N–H and O–H groups in total. The van der Waals surface area contributed by atoms with Gasteiger partial charge in [0.05, 0.1) is 0 Å². The normalized spacial score (nSPS) is 15.8. The van der Waals surface area contributed by atoms with Crippen LogP contribution in [-0.2, 0) is 6.42 Å². The number of aromatic nitrogens is 3. The zero-order valence-corrected chi connectivity index (χ0v) is 15.2. The number of hydrogen-bond acceptors (Lipinski definition) is 3. The van der Waals surface area contributed by atoms with Gasteiger partial charge < -0.3 is 10.6 Å². The first-order chi connectivity index (χ1) is 10.4. The molecule has 3 rings (SSSR count). The van der Waals surface area contributed by atoms with E-state index in [-0.39, 0.29) is 24.0 Å². The molecule has 2 aromatic rings. The number of hydrogen-bond donors (Lipinski definition) is 2. The van der Waals surface area contributed by atoms with Crippen molar-refractivity contribution in [2.45, 2.75) is 38.1 Å². The van der Waals surface area contributed by atoms with Gasteiger partial charge in [0.25, 0.3) is 0 Å². The molecule has 0 spiro atoms. The van der Waals surface area contributed by atoms with Crippen LogP contribution in [-0.4, -0.2) is 40.2 Å². The van der Waals surface area contributed by atoms with Crippen LogP contribution in [0.5, 0.6) is 0 Å². The minimum Gasteiger partial charge on any atom is -0.356 e. The summed E-state index contributed by atoms with van der Waals surface area (Å²) in [6.45, 7) is 0.794. The van der Waals surface area contributed by atoms with Crippen molar-refractivity contribution >= 4 is 35.6 Å². The summed E-state index contributed by atoms with van der Waals surface area (Å²) in [6.07, 6.45) is 7.94. The molecule has 0 bridgehead atoms. The standard InChI is InChI=1S/C15H22N6.HI/c1-16-15(18-12-6-2-3-7-12)17-10-9-14-20-19-13-8-4-5-11-21(13)14;/h4-5,8,11-12H,2-3,6-7,9-10H2,1H3,(H2,16,17,18);1H. The van der Waals surface area contributed by atoms with Crippen molar-refractivity contribution in [2.24, 2.45) is 4.99 Å². The summed E-state index contributed by atoms with van der Waals surface area (Å²) >= 11 is 0. The van der Waals surface area contributed by atoms with Crippen molar-refractivity contribution in [1.82, 2.24) is 25.2 Å². The average molecular weight is 414 g/mol. The number of guanidine groups is 1. The van der Waals surface area contributed by atoms with Crippen molar-refractivity contribution in [3.63, 3.8) is 0 Å². The van der Waals surface area contributed by atoms with Gasteiger partial charge in [-0.3, -0.25) is 9.39 Å². The van der Waals surface area contributed by atoms with Crippen molar-refractivity contribution in [3.05, 3.63) is 30.2 Å². The van der Waals surface area contributed by atoms with Crippen LogP contribution in [0.1, 0.15) is 31.5 Å². The molecule has 1 saturated carbocycles. The van der Waals surface area contributed by atoms with Gasteiger partial charge in [-0.1, -0.05) is 18.9 Å². The quantitative estimate of drug-likeness (QED) is 0.457. The minimum atomic E-state index is 0. The van der Waals surface area contributed by atoms with E-state index in [0.29, 0.717) is 6.04 Å². The highest BCUT2D eigenvalue weighted by Gasteiger charge is 2.15. The predicted octanol–water partition coefficient (Wildman–Crippen LogP) is 2.00. The van der Waals surface area contributed by atoms with Gasteiger partial charge >= 0.3 is 0 Å². The van der Waals surface area contributed by atoms with Crippen LogP contribution in [0.15, 0.2) is 29.4 Å². The zero-order chi connectivity index (χ0) is 14.5. The molecule has 0 radical (unpaired) electrons. The molecule has 0 saturated heterocycles. The fourth-order valence-corrected chi connectivity index (χ4v) is 2.81. The smallest absolute Gasteiger partial charge is 0.191 e. The van der Waals surface area contributed by atoms with Crippen molar-refractivity contribution < 1.29 is 0 Å². The third-order valence-electron chi connectivity index (χ3n) is 3.95. The van der Waals surface area contributed by atoms with Crippen LogP contribution in [0.2, 0.25) is 0 Å². The number of rotatable bonds is 4. The van der Waals surface area contributed by atoms with E-state index in [1.54, 1.807) is 0 Å². The average Bonchev–Trinajstić information content (AvgIpc) is 3.16. The minimum absolute atomic E-state index is 0. The highest BCUT2D eigenvalue weighted by Crippen LogP contribution is 2.17. The highest BCUT2D eigenvalue weighted by atomic mass is 127. The Bertz CT molecular complexity index is 617. The monoisotopic (exact) mass is 414 g/mol. The molecule has 0 atom stereocenters. The number of nitrogens with zero attached hydrogens (tertiary/aromatic N) is 4. The fourth-order valence-electron chi connectivity index (χ4n) is 2.81. The molecule has 7 heteroatoms. The maximum Gasteiger partial charge on any atom is 0.191 e. The van der Waals surface area contributed by atoms with Crippen LogP contribution in [0.3, 0.4) is 0 Å². The Morgan fingerprint density at radius 3 is 2.91 bits per heavy atom. The number of halogens is 1. The van der Waals surface area contributed by atoms with E-state index >= 15 is 0 Å². The summed E-state index contributed by atoms with van der Waals surface area (Å²) < 4.78 is 2.02. The SMILES string of the molecule is CN=C(NCCc1nnc2ccccn12)NC1CCCC1.I. The lowest BCUT2D eigenvalue weighted by Gasteiger charge is -2.16. The second-order valence-electron chi connectivity index (χ2n) is 5.42. The predicted molar refractivity (Wildman–Crippen MR) is 98.9 cm³/mol. The first kappa shape index (κ1) is 17.0. The molecule has 0 aromatic carbocycles. The van der Waals surface area contributed by atoms with E-state index in [9.17, 15) is 0 Å². The van der Waals surface area contributed by atoms with Gasteiger partial charge in [0.15, 0.2) is 11.6 Å². The molecule has 1 aliphatic rings. The van der Waals surface area contributed by atoms with E-state index < -0.39 is 0 Å². The van der Waals surface area contributed by atoms with Gasteiger partial charge in [0.1, 0.15) is 5.82 Å². The third-order valence-corrected chi connectivity index (χ3v) is 3.95. The Balaban J connectivity index is 0.00000176. The molecule has 2 aromatic heterocycles. The van der Waals surface area contributed by atoms with Gasteiger partial charge in [-0.2, -0.15) is 0 Å². The molecule has 1 fully saturated rings. The van der Waals surface area contributed by atoms with Crippen LogP contribution in [0.4, 0.5) is 0 Å². The Morgan fingerprint density at radius 1 is 1.32 bits per heavy atom. The Labute approximate surface area is 147 Å². The van der Waals surface area contributed by atoms with Crippen LogP contribution in [0.25, 0.3) is 5.65 Å². The maximum absolute atomic E-state index is 4.28. The molecule has 1 aliphatic carbocycles. The van der Waals surface area contributed by atoms with Crippen molar-refractivity contribution in [3.8, 4) is 0 Å². The lowest BCUT2D eigenvalue weighted by Crippen LogP contribution is -2.43. The van der Waals surface area contributed by atoms with Gasteiger partial charge in [-0.05, 0) is 25.0 Å². The maximum atomic E-state index is 4.28. The van der Waals surface area contributed by atoms with Gasteiger partial charge in [-0.15, -0.1) is 34.2 Å². The van der Waals surface area contributed by atoms with E-state index in [4.69, 9.17) is 0 Å². The topological polar surface area (TPSA) is 66.6 Å². The molecule has 6 nitrogen and oxygen atoms in total. The number of aliphatic imine (C=N–C) groups is 1. The fraction of sp³-hybridized carbons (Fsp3) is 0.533. The number of fused-ring (bicyclic) bond motifs is 1. The van der Waals surface area contributed by atoms with E-state index in [2.05, 4.69) is 25.8 Å². The van der Waals surface area contributed by atoms with Crippen LogP contribution >= 0.6 is 24.0 Å². The number of nitrogens with one attached hydrogen (secondary N) is 2. The van der Waals surface area contributed by atoms with Crippen molar-refractivity contribution in [1.29, 1.82) is 0 Å². The Morgan fingerprint density at radius 2 is 2.14 bits per heavy atom. The third kappa shape index (κ3) is 4.08. The molecule has 0 amide bonds. The first-order valence-corrected chi connectivity index (χ1v) is 7.62. The second-order valence-corrected chi connectivity index (χ2v) is 5.42. The molecular weight excluding hydrogens is 391 g/mol. The summed E-state index contributed by atoms with van der Waals surface area (Å²) in [4.78, 5) is 4.28. The lowest BCUT2D eigenvalue weighted by atomic mass is 10.2. The largest absolute Gasteiger partial charge is 0.356 e. The van der Waals surface area contributed by atoms with Gasteiger partial charge in [-0.25, -0.2) is 0 Å². The molecule has 0 aliphatic heterocycles. The molecule has 120 valence electrons. The van der Waals surface area contributed by atoms with E-state index in [0.717, 1.165) is 30.4 Å². The van der Waals surface area contributed by atoms with Crippen molar-refractivity contribution in [2.75, 3.05) is 13.6 Å². The Hall–Kier alpha value is -1.38. The summed E-state index contributed by atoms with van der Waals surface area (Å²) in [5.41, 5.74) is 0.890. The zero-order valence-electron chi connectivity index (χ0n) is 12.8. The highest BCUT2D eigenvalue weighted by molar-refractivity contribution is 14.0. The summed E-state index contributed by atoms with van der Waals surface area (Å²) in [7, 11) is 1.82. The van der Waals surface area contributed by atoms with Crippen LogP contribution in [0, 0.1) is 0 Å². The summed E-state index contributed by atoms with van der Waals surface area (Å²) in [6, 6.07) is 6.50. The van der Waals surface area contributed by atoms with E-state index in [1.165, 1.54) is 25.7 Å². The lowest BCUT2D eigenvalue weighted by molar-refractivity contribution is 0.612. The van der Waals surface area contributed by atoms with Crippen LogP contribution < -0.4 is 10.6 Å². The summed E-state index contributed by atoms with van der Waals surface area (Å²) in [5, 5.41) is 15.2. The molecular formula is C15H23IN6. The van der Waals surface area contributed by atoms with E-state index in [1.807, 2.05) is 35.8 Å². The molecule has 2 heterocycles. The second kappa shape index (κ2) is 8.30. The summed E-state index contributed by atoms with van der Waals surface area (Å²) in [5.74, 6) is 1.85. The molecule has 0 unspecified atom stereocenters. The Kier molecular flexibility index (Phi) is 6.41. The van der Waals surface area contributed by atoms with Gasteiger partial charge in [0.2, 0.25) is 0 Å². The van der Waals surface area contributed by atoms with Gasteiger partial charge in [0, 0.05) is 32.3 Å². The first-order valence-electron chi connectivity index (χ1n) is 7.62. The number of pyridine rings is 1.